The van der Waals surface area contributed by atoms with E-state index in [1.165, 1.54) is 30.7 Å². The first-order valence-corrected chi connectivity index (χ1v) is 6.87. The van der Waals surface area contributed by atoms with E-state index in [2.05, 4.69) is 15.3 Å². The standard InChI is InChI=1S/C15H14N4O5/c1-9-5-11(13(19(22)23)6-10(9)2)18-14(20)8-24-15(21)12-7-16-3-4-17-12/h3-7H,8H2,1-2H3,(H,18,20). The van der Waals surface area contributed by atoms with Crippen molar-refractivity contribution in [2.24, 2.45) is 0 Å². The Hall–Kier alpha value is -3.36. The van der Waals surface area contributed by atoms with Crippen molar-refractivity contribution < 1.29 is 19.2 Å². The van der Waals surface area contributed by atoms with Gasteiger partial charge in [0.25, 0.3) is 11.6 Å². The number of aromatic nitrogens is 2. The minimum absolute atomic E-state index is 0.0394. The topological polar surface area (TPSA) is 124 Å². The minimum atomic E-state index is -0.812. The van der Waals surface area contributed by atoms with Crippen molar-refractivity contribution >= 4 is 23.3 Å². The molecular formula is C15H14N4O5. The van der Waals surface area contributed by atoms with E-state index < -0.39 is 23.4 Å². The number of anilines is 1. The van der Waals surface area contributed by atoms with E-state index in [9.17, 15) is 19.7 Å². The van der Waals surface area contributed by atoms with Crippen molar-refractivity contribution in [2.75, 3.05) is 11.9 Å². The third-order valence-corrected chi connectivity index (χ3v) is 3.19. The average molecular weight is 330 g/mol. The molecule has 0 aliphatic carbocycles. The maximum atomic E-state index is 11.9. The lowest BCUT2D eigenvalue weighted by Gasteiger charge is -2.09. The molecule has 9 heteroatoms. The second-order valence-electron chi connectivity index (χ2n) is 4.93. The van der Waals surface area contributed by atoms with E-state index in [0.29, 0.717) is 0 Å². The number of hydrogen-bond acceptors (Lipinski definition) is 7. The summed E-state index contributed by atoms with van der Waals surface area (Å²) in [5.74, 6) is -1.51. The maximum Gasteiger partial charge on any atom is 0.359 e. The number of nitro groups is 1. The van der Waals surface area contributed by atoms with Crippen LogP contribution in [0.2, 0.25) is 0 Å². The second-order valence-corrected chi connectivity index (χ2v) is 4.93. The number of nitrogens with zero attached hydrogens (tertiary/aromatic N) is 3. The third-order valence-electron chi connectivity index (χ3n) is 3.19. The molecule has 2 rings (SSSR count). The summed E-state index contributed by atoms with van der Waals surface area (Å²) in [6.45, 7) is 2.90. The van der Waals surface area contributed by atoms with Crippen LogP contribution < -0.4 is 5.32 Å². The van der Waals surface area contributed by atoms with Gasteiger partial charge in [-0.05, 0) is 31.0 Å². The predicted molar refractivity (Wildman–Crippen MR) is 83.5 cm³/mol. The van der Waals surface area contributed by atoms with Gasteiger partial charge in [0.1, 0.15) is 5.69 Å². The Morgan fingerprint density at radius 3 is 2.58 bits per heavy atom. The molecule has 24 heavy (non-hydrogen) atoms. The van der Waals surface area contributed by atoms with Crippen LogP contribution in [0.25, 0.3) is 0 Å². The number of rotatable bonds is 5. The molecule has 0 aliphatic heterocycles. The van der Waals surface area contributed by atoms with Crippen molar-refractivity contribution in [2.45, 2.75) is 13.8 Å². The molecule has 0 unspecified atom stereocenters. The molecule has 0 spiro atoms. The molecule has 0 aliphatic rings. The first-order valence-electron chi connectivity index (χ1n) is 6.87. The summed E-state index contributed by atoms with van der Waals surface area (Å²) in [6.07, 6.45) is 3.91. The summed E-state index contributed by atoms with van der Waals surface area (Å²) < 4.78 is 4.79. The third kappa shape index (κ3) is 4.09. The Morgan fingerprint density at radius 1 is 1.25 bits per heavy atom. The number of esters is 1. The van der Waals surface area contributed by atoms with Gasteiger partial charge in [-0.1, -0.05) is 0 Å². The van der Waals surface area contributed by atoms with Gasteiger partial charge in [-0.25, -0.2) is 9.78 Å². The molecule has 1 N–H and O–H groups in total. The zero-order valence-corrected chi connectivity index (χ0v) is 13.0. The van der Waals surface area contributed by atoms with E-state index in [0.717, 1.165) is 11.1 Å². The lowest BCUT2D eigenvalue weighted by molar-refractivity contribution is -0.384. The van der Waals surface area contributed by atoms with Gasteiger partial charge in [0, 0.05) is 18.5 Å². The highest BCUT2D eigenvalue weighted by Crippen LogP contribution is 2.27. The van der Waals surface area contributed by atoms with Crippen LogP contribution in [0.15, 0.2) is 30.7 Å². The minimum Gasteiger partial charge on any atom is -0.451 e. The molecule has 0 fully saturated rings. The first-order chi connectivity index (χ1) is 11.4. The Morgan fingerprint density at radius 2 is 1.96 bits per heavy atom. The van der Waals surface area contributed by atoms with Gasteiger partial charge >= 0.3 is 5.97 Å². The largest absolute Gasteiger partial charge is 0.451 e. The van der Waals surface area contributed by atoms with Crippen molar-refractivity contribution in [3.8, 4) is 0 Å². The Bertz CT molecular complexity index is 792. The average Bonchev–Trinajstić information content (AvgIpc) is 2.56. The van der Waals surface area contributed by atoms with Crippen molar-refractivity contribution in [1.82, 2.24) is 9.97 Å². The van der Waals surface area contributed by atoms with E-state index in [1.54, 1.807) is 13.8 Å². The fourth-order valence-electron chi connectivity index (χ4n) is 1.85. The molecule has 1 aromatic heterocycles. The van der Waals surface area contributed by atoms with Crippen LogP contribution in [-0.4, -0.2) is 33.4 Å². The van der Waals surface area contributed by atoms with Crippen molar-refractivity contribution in [3.63, 3.8) is 0 Å². The summed E-state index contributed by atoms with van der Waals surface area (Å²) in [6, 6.07) is 2.87. The second kappa shape index (κ2) is 7.27. The number of ether oxygens (including phenoxy) is 1. The molecule has 2 aromatic rings. The van der Waals surface area contributed by atoms with Gasteiger partial charge in [-0.15, -0.1) is 0 Å². The van der Waals surface area contributed by atoms with Gasteiger partial charge in [-0.2, -0.15) is 0 Å². The van der Waals surface area contributed by atoms with E-state index >= 15 is 0 Å². The summed E-state index contributed by atoms with van der Waals surface area (Å²) in [5.41, 5.74) is 1.29. The van der Waals surface area contributed by atoms with E-state index in [1.807, 2.05) is 0 Å². The SMILES string of the molecule is Cc1cc(NC(=O)COC(=O)c2cnccn2)c([N+](=O)[O-])cc1C. The predicted octanol–water partition coefficient (Wildman–Crippen LogP) is 1.80. The molecule has 0 bridgehead atoms. The van der Waals surface area contributed by atoms with Crippen LogP contribution in [-0.2, 0) is 9.53 Å². The highest BCUT2D eigenvalue weighted by molar-refractivity contribution is 5.96. The van der Waals surface area contributed by atoms with Gasteiger partial charge < -0.3 is 10.1 Å². The monoisotopic (exact) mass is 330 g/mol. The van der Waals surface area contributed by atoms with E-state index in [4.69, 9.17) is 4.74 Å². The number of aryl methyl sites for hydroxylation is 2. The number of benzene rings is 1. The molecule has 0 saturated carbocycles. The molecule has 1 aromatic carbocycles. The normalized spacial score (nSPS) is 10.1. The van der Waals surface area contributed by atoms with Crippen molar-refractivity contribution in [1.29, 1.82) is 0 Å². The van der Waals surface area contributed by atoms with E-state index in [-0.39, 0.29) is 17.1 Å². The smallest absolute Gasteiger partial charge is 0.359 e. The van der Waals surface area contributed by atoms with Gasteiger partial charge in [-0.3, -0.25) is 19.9 Å². The summed E-state index contributed by atoms with van der Waals surface area (Å²) in [4.78, 5) is 41.5. The van der Waals surface area contributed by atoms with Crippen LogP contribution in [0, 0.1) is 24.0 Å². The zero-order valence-electron chi connectivity index (χ0n) is 13.0. The number of amides is 1. The number of nitrogens with one attached hydrogen (secondary N) is 1. The van der Waals surface area contributed by atoms with Crippen molar-refractivity contribution in [3.05, 3.63) is 57.7 Å². The summed E-state index contributed by atoms with van der Waals surface area (Å²) in [5, 5.41) is 13.4. The molecular weight excluding hydrogens is 316 g/mol. The molecule has 124 valence electrons. The lowest BCUT2D eigenvalue weighted by Crippen LogP contribution is -2.22. The number of nitro benzene ring substituents is 1. The summed E-state index contributed by atoms with van der Waals surface area (Å²) >= 11 is 0. The molecule has 0 atom stereocenters. The first kappa shape index (κ1) is 17.0. The Labute approximate surface area is 136 Å². The maximum absolute atomic E-state index is 11.9. The Balaban J connectivity index is 2.04. The van der Waals surface area contributed by atoms with Gasteiger partial charge in [0.05, 0.1) is 11.1 Å². The summed E-state index contributed by atoms with van der Waals surface area (Å²) in [7, 11) is 0. The fraction of sp³-hybridized carbons (Fsp3) is 0.200. The highest BCUT2D eigenvalue weighted by atomic mass is 16.6. The molecule has 1 amide bonds. The molecule has 9 nitrogen and oxygen atoms in total. The molecule has 0 saturated heterocycles. The number of carbonyl (C=O) groups is 2. The number of hydrogen-bond donors (Lipinski definition) is 1. The van der Waals surface area contributed by atoms with Crippen LogP contribution in [0.5, 0.6) is 0 Å². The van der Waals surface area contributed by atoms with Crippen LogP contribution in [0.1, 0.15) is 21.6 Å². The van der Waals surface area contributed by atoms with Gasteiger partial charge in [0.2, 0.25) is 0 Å². The van der Waals surface area contributed by atoms with Crippen LogP contribution >= 0.6 is 0 Å². The molecule has 1 heterocycles. The van der Waals surface area contributed by atoms with Gasteiger partial charge in [0.15, 0.2) is 12.3 Å². The van der Waals surface area contributed by atoms with Crippen LogP contribution in [0.4, 0.5) is 11.4 Å². The zero-order chi connectivity index (χ0) is 17.7. The molecule has 0 radical (unpaired) electrons. The quantitative estimate of drug-likeness (QED) is 0.503. The lowest BCUT2D eigenvalue weighted by atomic mass is 10.1. The highest BCUT2D eigenvalue weighted by Gasteiger charge is 2.18. The van der Waals surface area contributed by atoms with Crippen LogP contribution in [0.3, 0.4) is 0 Å². The Kier molecular flexibility index (Phi) is 5.15. The number of carbonyl (C=O) groups excluding carboxylic acids is 2. The fourth-order valence-corrected chi connectivity index (χ4v) is 1.85.